The molecule has 2 heteroatoms. The van der Waals surface area contributed by atoms with Gasteiger partial charge in [0.05, 0.1) is 7.11 Å². The third-order valence-corrected chi connectivity index (χ3v) is 3.09. The van der Waals surface area contributed by atoms with Crippen molar-refractivity contribution >= 4 is 10.8 Å². The summed E-state index contributed by atoms with van der Waals surface area (Å²) in [7, 11) is 1.72. The molecule has 0 fully saturated rings. The second-order valence-electron chi connectivity index (χ2n) is 4.87. The maximum atomic E-state index is 5.37. The normalized spacial score (nSPS) is 11.1. The Morgan fingerprint density at radius 1 is 1.17 bits per heavy atom. The summed E-state index contributed by atoms with van der Waals surface area (Å²) in [4.78, 5) is 0. The molecule has 0 unspecified atom stereocenters. The summed E-state index contributed by atoms with van der Waals surface area (Å²) in [5.41, 5.74) is 1.36. The van der Waals surface area contributed by atoms with Gasteiger partial charge in [-0.1, -0.05) is 44.2 Å². The van der Waals surface area contributed by atoms with Gasteiger partial charge in [-0.15, -0.1) is 0 Å². The van der Waals surface area contributed by atoms with Crippen molar-refractivity contribution in [3.05, 3.63) is 42.0 Å². The van der Waals surface area contributed by atoms with Crippen LogP contribution in [0.4, 0.5) is 0 Å². The van der Waals surface area contributed by atoms with Crippen molar-refractivity contribution in [2.75, 3.05) is 13.7 Å². The molecule has 0 atom stereocenters. The average Bonchev–Trinajstić information content (AvgIpc) is 2.37. The Kier molecular flexibility index (Phi) is 4.21. The van der Waals surface area contributed by atoms with Crippen LogP contribution in [0, 0.1) is 0 Å². The molecule has 0 amide bonds. The highest BCUT2D eigenvalue weighted by molar-refractivity contribution is 5.88. The predicted molar refractivity (Wildman–Crippen MR) is 77.3 cm³/mol. The SMILES string of the molecule is COc1cccc2cc(CCNC(C)C)ccc12. The molecule has 0 heterocycles. The molecule has 0 aliphatic rings. The van der Waals surface area contributed by atoms with E-state index >= 15 is 0 Å². The van der Waals surface area contributed by atoms with Gasteiger partial charge in [-0.3, -0.25) is 0 Å². The second kappa shape index (κ2) is 5.87. The fraction of sp³-hybridized carbons (Fsp3) is 0.375. The molecule has 2 aromatic carbocycles. The minimum atomic E-state index is 0.547. The molecular formula is C16H21NO. The highest BCUT2D eigenvalue weighted by Crippen LogP contribution is 2.26. The smallest absolute Gasteiger partial charge is 0.126 e. The Morgan fingerprint density at radius 3 is 2.72 bits per heavy atom. The zero-order chi connectivity index (χ0) is 13.0. The summed E-state index contributed by atoms with van der Waals surface area (Å²) in [5, 5.41) is 5.87. The molecule has 0 aromatic heterocycles. The van der Waals surface area contributed by atoms with Crippen molar-refractivity contribution < 1.29 is 4.74 Å². The van der Waals surface area contributed by atoms with E-state index < -0.39 is 0 Å². The van der Waals surface area contributed by atoms with E-state index in [1.165, 1.54) is 16.3 Å². The Bertz CT molecular complexity index is 519. The number of benzene rings is 2. The van der Waals surface area contributed by atoms with E-state index in [4.69, 9.17) is 4.74 Å². The zero-order valence-corrected chi connectivity index (χ0v) is 11.4. The van der Waals surface area contributed by atoms with Gasteiger partial charge in [0, 0.05) is 11.4 Å². The standard InChI is InChI=1S/C16H21NO/c1-12(2)17-10-9-13-7-8-15-14(11-13)5-4-6-16(15)18-3/h4-8,11-12,17H,9-10H2,1-3H3. The molecule has 0 spiro atoms. The molecule has 0 saturated carbocycles. The van der Waals surface area contributed by atoms with Gasteiger partial charge in [0.15, 0.2) is 0 Å². The molecule has 18 heavy (non-hydrogen) atoms. The maximum absolute atomic E-state index is 5.37. The Hall–Kier alpha value is -1.54. The van der Waals surface area contributed by atoms with Crippen LogP contribution in [0.15, 0.2) is 36.4 Å². The first kappa shape index (κ1) is 12.9. The quantitative estimate of drug-likeness (QED) is 0.869. The van der Waals surface area contributed by atoms with Crippen LogP contribution >= 0.6 is 0 Å². The van der Waals surface area contributed by atoms with E-state index in [9.17, 15) is 0 Å². The Labute approximate surface area is 109 Å². The van der Waals surface area contributed by atoms with Crippen LogP contribution in [0.5, 0.6) is 5.75 Å². The van der Waals surface area contributed by atoms with Crippen LogP contribution < -0.4 is 10.1 Å². The van der Waals surface area contributed by atoms with E-state index in [1.54, 1.807) is 7.11 Å². The fourth-order valence-corrected chi connectivity index (χ4v) is 2.14. The van der Waals surface area contributed by atoms with Crippen molar-refractivity contribution in [1.29, 1.82) is 0 Å². The maximum Gasteiger partial charge on any atom is 0.126 e. The third-order valence-electron chi connectivity index (χ3n) is 3.09. The van der Waals surface area contributed by atoms with Gasteiger partial charge in [-0.25, -0.2) is 0 Å². The lowest BCUT2D eigenvalue weighted by molar-refractivity contribution is 0.420. The predicted octanol–water partition coefficient (Wildman–Crippen LogP) is 3.39. The van der Waals surface area contributed by atoms with Gasteiger partial charge in [0.1, 0.15) is 5.75 Å². The fourth-order valence-electron chi connectivity index (χ4n) is 2.14. The van der Waals surface area contributed by atoms with Crippen molar-refractivity contribution in [3.8, 4) is 5.75 Å². The topological polar surface area (TPSA) is 21.3 Å². The zero-order valence-electron chi connectivity index (χ0n) is 11.4. The molecule has 0 aliphatic heterocycles. The lowest BCUT2D eigenvalue weighted by atomic mass is 10.0. The lowest BCUT2D eigenvalue weighted by Crippen LogP contribution is -2.24. The molecule has 2 nitrogen and oxygen atoms in total. The highest BCUT2D eigenvalue weighted by Gasteiger charge is 2.02. The summed E-state index contributed by atoms with van der Waals surface area (Å²) in [6.45, 7) is 5.36. The summed E-state index contributed by atoms with van der Waals surface area (Å²) >= 11 is 0. The molecule has 0 radical (unpaired) electrons. The van der Waals surface area contributed by atoms with Gasteiger partial charge in [0.25, 0.3) is 0 Å². The first-order valence-electron chi connectivity index (χ1n) is 6.49. The summed E-state index contributed by atoms with van der Waals surface area (Å²) < 4.78 is 5.37. The number of ether oxygens (including phenoxy) is 1. The number of methoxy groups -OCH3 is 1. The lowest BCUT2D eigenvalue weighted by Gasteiger charge is -2.09. The van der Waals surface area contributed by atoms with Gasteiger partial charge in [0.2, 0.25) is 0 Å². The molecule has 1 N–H and O–H groups in total. The minimum absolute atomic E-state index is 0.547. The van der Waals surface area contributed by atoms with Crippen LogP contribution in [-0.4, -0.2) is 19.7 Å². The van der Waals surface area contributed by atoms with Crippen LogP contribution in [0.2, 0.25) is 0 Å². The minimum Gasteiger partial charge on any atom is -0.496 e. The van der Waals surface area contributed by atoms with Crippen molar-refractivity contribution in [3.63, 3.8) is 0 Å². The largest absolute Gasteiger partial charge is 0.496 e. The highest BCUT2D eigenvalue weighted by atomic mass is 16.5. The van der Waals surface area contributed by atoms with E-state index in [-0.39, 0.29) is 0 Å². The number of rotatable bonds is 5. The van der Waals surface area contributed by atoms with Crippen LogP contribution in [0.3, 0.4) is 0 Å². The van der Waals surface area contributed by atoms with Gasteiger partial charge in [-0.2, -0.15) is 0 Å². The van der Waals surface area contributed by atoms with Gasteiger partial charge >= 0.3 is 0 Å². The van der Waals surface area contributed by atoms with E-state index in [2.05, 4.69) is 43.4 Å². The monoisotopic (exact) mass is 243 g/mol. The van der Waals surface area contributed by atoms with Crippen LogP contribution in [0.25, 0.3) is 10.8 Å². The molecule has 0 aliphatic carbocycles. The van der Waals surface area contributed by atoms with Crippen molar-refractivity contribution in [1.82, 2.24) is 5.32 Å². The second-order valence-corrected chi connectivity index (χ2v) is 4.87. The first-order valence-corrected chi connectivity index (χ1v) is 6.49. The van der Waals surface area contributed by atoms with Crippen molar-refractivity contribution in [2.24, 2.45) is 0 Å². The number of nitrogens with one attached hydrogen (secondary N) is 1. The molecule has 2 aromatic rings. The van der Waals surface area contributed by atoms with E-state index in [0.717, 1.165) is 18.7 Å². The molecular weight excluding hydrogens is 222 g/mol. The summed E-state index contributed by atoms with van der Waals surface area (Å²) in [6, 6.07) is 13.3. The first-order chi connectivity index (χ1) is 8.70. The van der Waals surface area contributed by atoms with Gasteiger partial charge < -0.3 is 10.1 Å². The number of fused-ring (bicyclic) bond motifs is 1. The van der Waals surface area contributed by atoms with E-state index in [0.29, 0.717) is 6.04 Å². The van der Waals surface area contributed by atoms with Crippen LogP contribution in [0.1, 0.15) is 19.4 Å². The molecule has 0 bridgehead atoms. The van der Waals surface area contributed by atoms with Gasteiger partial charge in [-0.05, 0) is 30.0 Å². The summed E-state index contributed by atoms with van der Waals surface area (Å²) in [5.74, 6) is 0.944. The Morgan fingerprint density at radius 2 is 2.00 bits per heavy atom. The van der Waals surface area contributed by atoms with E-state index in [1.807, 2.05) is 12.1 Å². The number of hydrogen-bond acceptors (Lipinski definition) is 2. The average molecular weight is 243 g/mol. The third kappa shape index (κ3) is 3.02. The molecule has 2 rings (SSSR count). The number of hydrogen-bond donors (Lipinski definition) is 1. The summed E-state index contributed by atoms with van der Waals surface area (Å²) in [6.07, 6.45) is 1.06. The van der Waals surface area contributed by atoms with Crippen LogP contribution in [-0.2, 0) is 6.42 Å². The molecule has 96 valence electrons. The Balaban J connectivity index is 2.17. The van der Waals surface area contributed by atoms with Crippen molar-refractivity contribution in [2.45, 2.75) is 26.3 Å². The molecule has 0 saturated heterocycles.